The summed E-state index contributed by atoms with van der Waals surface area (Å²) in [6, 6.07) is 0. The van der Waals surface area contributed by atoms with Gasteiger partial charge in [0.15, 0.2) is 5.82 Å². The van der Waals surface area contributed by atoms with E-state index in [1.54, 1.807) is 12.3 Å². The van der Waals surface area contributed by atoms with Crippen LogP contribution in [0, 0.1) is 0 Å². The molecule has 2 aromatic heterocycles. The number of imidazole rings is 1. The van der Waals surface area contributed by atoms with E-state index in [4.69, 9.17) is 0 Å². The van der Waals surface area contributed by atoms with E-state index in [1.807, 2.05) is 50.5 Å². The van der Waals surface area contributed by atoms with Gasteiger partial charge in [0, 0.05) is 27.3 Å². The zero-order chi connectivity index (χ0) is 17.1. The van der Waals surface area contributed by atoms with Crippen molar-refractivity contribution in [1.29, 1.82) is 0 Å². The molecular formula is C16H21N5O2. The number of hydrogen-bond acceptors (Lipinski definition) is 5. The second-order valence-electron chi connectivity index (χ2n) is 5.76. The van der Waals surface area contributed by atoms with E-state index < -0.39 is 5.97 Å². The van der Waals surface area contributed by atoms with Crippen molar-refractivity contribution < 1.29 is 9.90 Å². The van der Waals surface area contributed by atoms with E-state index in [0.29, 0.717) is 11.5 Å². The molecule has 7 nitrogen and oxygen atoms in total. The second-order valence-corrected chi connectivity index (χ2v) is 5.76. The molecule has 0 unspecified atom stereocenters. The number of aromatic nitrogens is 4. The molecule has 0 bridgehead atoms. The number of rotatable bonds is 5. The molecule has 0 amide bonds. The number of hydrogen-bond donors (Lipinski definition) is 1. The Labute approximate surface area is 135 Å². The highest BCUT2D eigenvalue weighted by Gasteiger charge is 2.15. The number of carboxylic acid groups (broad SMARTS) is 1. The molecule has 2 aromatic rings. The SMILES string of the molecule is CC(C)c1nc(/C=C/c2cnc(N(C)C)n2C)ncc1C(=O)O. The maximum absolute atomic E-state index is 11.2. The topological polar surface area (TPSA) is 84.1 Å². The minimum Gasteiger partial charge on any atom is -0.478 e. The van der Waals surface area contributed by atoms with Crippen LogP contribution in [0.2, 0.25) is 0 Å². The van der Waals surface area contributed by atoms with Crippen molar-refractivity contribution in [2.24, 2.45) is 7.05 Å². The van der Waals surface area contributed by atoms with Gasteiger partial charge in [0.05, 0.1) is 23.1 Å². The van der Waals surface area contributed by atoms with Crippen LogP contribution >= 0.6 is 0 Å². The fourth-order valence-corrected chi connectivity index (χ4v) is 2.24. The first kappa shape index (κ1) is 16.7. The van der Waals surface area contributed by atoms with Gasteiger partial charge < -0.3 is 14.6 Å². The normalized spacial score (nSPS) is 11.4. The summed E-state index contributed by atoms with van der Waals surface area (Å²) in [5, 5.41) is 9.19. The van der Waals surface area contributed by atoms with Crippen LogP contribution in [0.5, 0.6) is 0 Å². The Morgan fingerprint density at radius 2 is 1.96 bits per heavy atom. The van der Waals surface area contributed by atoms with Gasteiger partial charge >= 0.3 is 5.97 Å². The van der Waals surface area contributed by atoms with E-state index in [0.717, 1.165) is 11.6 Å². The molecule has 0 radical (unpaired) electrons. The van der Waals surface area contributed by atoms with Gasteiger partial charge in [-0.2, -0.15) is 0 Å². The Bertz CT molecular complexity index is 747. The molecule has 0 atom stereocenters. The molecule has 1 N–H and O–H groups in total. The Balaban J connectivity index is 2.33. The molecule has 0 aromatic carbocycles. The first-order chi connectivity index (χ1) is 10.8. The fraction of sp³-hybridized carbons (Fsp3) is 0.375. The van der Waals surface area contributed by atoms with Crippen molar-refractivity contribution >= 4 is 24.1 Å². The highest BCUT2D eigenvalue weighted by Crippen LogP contribution is 2.18. The van der Waals surface area contributed by atoms with Crippen molar-refractivity contribution in [3.8, 4) is 0 Å². The van der Waals surface area contributed by atoms with E-state index in [9.17, 15) is 9.90 Å². The second kappa shape index (κ2) is 6.60. The number of nitrogens with zero attached hydrogens (tertiary/aromatic N) is 5. The summed E-state index contributed by atoms with van der Waals surface area (Å²) in [6.07, 6.45) is 6.74. The van der Waals surface area contributed by atoms with Gasteiger partial charge in [-0.3, -0.25) is 0 Å². The first-order valence-electron chi connectivity index (χ1n) is 7.28. The molecule has 0 aliphatic carbocycles. The standard InChI is InChI=1S/C16H21N5O2/c1-10(2)14-12(15(22)23)9-17-13(19-14)7-6-11-8-18-16(20(3)4)21(11)5/h6-10H,1-5H3,(H,22,23)/b7-6+. The summed E-state index contributed by atoms with van der Waals surface area (Å²) in [7, 11) is 5.78. The molecule has 0 aliphatic heterocycles. The molecule has 122 valence electrons. The molecule has 2 heterocycles. The predicted octanol–water partition coefficient (Wildman–Crippen LogP) is 2.27. The van der Waals surface area contributed by atoms with Crippen LogP contribution in [-0.2, 0) is 7.05 Å². The van der Waals surface area contributed by atoms with Gasteiger partial charge in [0.1, 0.15) is 0 Å². The van der Waals surface area contributed by atoms with Gasteiger partial charge in [-0.1, -0.05) is 13.8 Å². The Kier molecular flexibility index (Phi) is 4.78. The van der Waals surface area contributed by atoms with Crippen LogP contribution in [0.3, 0.4) is 0 Å². The number of aromatic carboxylic acids is 1. The van der Waals surface area contributed by atoms with E-state index in [2.05, 4.69) is 15.0 Å². The van der Waals surface area contributed by atoms with Crippen LogP contribution in [0.4, 0.5) is 5.95 Å². The predicted molar refractivity (Wildman–Crippen MR) is 89.5 cm³/mol. The van der Waals surface area contributed by atoms with Gasteiger partial charge in [-0.05, 0) is 18.1 Å². The summed E-state index contributed by atoms with van der Waals surface area (Å²) >= 11 is 0. The zero-order valence-corrected chi connectivity index (χ0v) is 14.0. The molecular weight excluding hydrogens is 294 g/mol. The van der Waals surface area contributed by atoms with Crippen LogP contribution in [0.15, 0.2) is 12.4 Å². The first-order valence-corrected chi connectivity index (χ1v) is 7.28. The number of carboxylic acids is 1. The maximum Gasteiger partial charge on any atom is 0.339 e. The van der Waals surface area contributed by atoms with Crippen molar-refractivity contribution in [2.75, 3.05) is 19.0 Å². The van der Waals surface area contributed by atoms with E-state index >= 15 is 0 Å². The van der Waals surface area contributed by atoms with Crippen molar-refractivity contribution in [1.82, 2.24) is 19.5 Å². The molecule has 0 saturated heterocycles. The largest absolute Gasteiger partial charge is 0.478 e. The summed E-state index contributed by atoms with van der Waals surface area (Å²) in [6.45, 7) is 3.82. The third-order valence-electron chi connectivity index (χ3n) is 3.42. The Morgan fingerprint density at radius 1 is 1.26 bits per heavy atom. The van der Waals surface area contributed by atoms with Gasteiger partial charge in [-0.15, -0.1) is 0 Å². The minimum absolute atomic E-state index is 0.00768. The minimum atomic E-state index is -1.01. The number of anilines is 1. The third-order valence-corrected chi connectivity index (χ3v) is 3.42. The molecule has 0 fully saturated rings. The number of carbonyl (C=O) groups is 1. The van der Waals surface area contributed by atoms with E-state index in [-0.39, 0.29) is 11.5 Å². The van der Waals surface area contributed by atoms with Crippen LogP contribution in [0.1, 0.15) is 47.3 Å². The summed E-state index contributed by atoms with van der Waals surface area (Å²) in [5.74, 6) is 0.320. The summed E-state index contributed by atoms with van der Waals surface area (Å²) in [5.41, 5.74) is 1.59. The van der Waals surface area contributed by atoms with Gasteiger partial charge in [0.25, 0.3) is 0 Å². The molecule has 0 saturated carbocycles. The molecule has 23 heavy (non-hydrogen) atoms. The summed E-state index contributed by atoms with van der Waals surface area (Å²) in [4.78, 5) is 25.9. The highest BCUT2D eigenvalue weighted by atomic mass is 16.4. The fourth-order valence-electron chi connectivity index (χ4n) is 2.24. The van der Waals surface area contributed by atoms with Crippen molar-refractivity contribution in [3.05, 3.63) is 35.2 Å². The van der Waals surface area contributed by atoms with E-state index in [1.165, 1.54) is 6.20 Å². The monoisotopic (exact) mass is 315 g/mol. The molecule has 0 spiro atoms. The van der Waals surface area contributed by atoms with Crippen molar-refractivity contribution in [3.63, 3.8) is 0 Å². The molecule has 0 aliphatic rings. The third kappa shape index (κ3) is 3.56. The molecule has 7 heteroatoms. The quantitative estimate of drug-likeness (QED) is 0.911. The summed E-state index contributed by atoms with van der Waals surface area (Å²) < 4.78 is 1.95. The van der Waals surface area contributed by atoms with Crippen molar-refractivity contribution in [2.45, 2.75) is 19.8 Å². The molecule has 2 rings (SSSR count). The van der Waals surface area contributed by atoms with Crippen LogP contribution in [0.25, 0.3) is 12.2 Å². The lowest BCUT2D eigenvalue weighted by atomic mass is 10.1. The smallest absolute Gasteiger partial charge is 0.339 e. The lowest BCUT2D eigenvalue weighted by Crippen LogP contribution is -2.14. The lowest BCUT2D eigenvalue weighted by molar-refractivity contribution is 0.0694. The van der Waals surface area contributed by atoms with Gasteiger partial charge in [-0.25, -0.2) is 19.7 Å². The van der Waals surface area contributed by atoms with Crippen LogP contribution in [-0.4, -0.2) is 44.7 Å². The zero-order valence-electron chi connectivity index (χ0n) is 14.0. The maximum atomic E-state index is 11.2. The Morgan fingerprint density at radius 3 is 2.48 bits per heavy atom. The van der Waals surface area contributed by atoms with Gasteiger partial charge in [0.2, 0.25) is 5.95 Å². The Hall–Kier alpha value is -2.70. The van der Waals surface area contributed by atoms with Crippen LogP contribution < -0.4 is 4.90 Å². The highest BCUT2D eigenvalue weighted by molar-refractivity contribution is 5.88. The average Bonchev–Trinajstić information content (AvgIpc) is 2.85. The lowest BCUT2D eigenvalue weighted by Gasteiger charge is -2.11. The average molecular weight is 315 g/mol.